The van der Waals surface area contributed by atoms with E-state index in [1.807, 2.05) is 124 Å². The van der Waals surface area contributed by atoms with Gasteiger partial charge in [0.1, 0.15) is 27.9 Å². The Morgan fingerprint density at radius 2 is 1.10 bits per heavy atom. The van der Waals surface area contributed by atoms with Crippen molar-refractivity contribution in [2.45, 2.75) is 102 Å². The summed E-state index contributed by atoms with van der Waals surface area (Å²) < 4.78 is 19.0. The Labute approximate surface area is 531 Å². The largest absolute Gasteiger partial charge is 0.492 e. The summed E-state index contributed by atoms with van der Waals surface area (Å²) in [5.74, 6) is 2.99. The lowest BCUT2D eigenvalue weighted by molar-refractivity contribution is -0.130. The van der Waals surface area contributed by atoms with E-state index in [4.69, 9.17) is 43.0 Å². The summed E-state index contributed by atoms with van der Waals surface area (Å²) in [7, 11) is 0. The summed E-state index contributed by atoms with van der Waals surface area (Å²) in [5, 5.41) is 4.64. The second-order valence-electron chi connectivity index (χ2n) is 24.3. The van der Waals surface area contributed by atoms with E-state index >= 15 is 0 Å². The molecule has 9 heterocycles. The average molecular weight is 1260 g/mol. The van der Waals surface area contributed by atoms with Crippen LogP contribution in [0.15, 0.2) is 126 Å². The lowest BCUT2D eigenvalue weighted by Crippen LogP contribution is -2.46. The molecular formula is C70H74ClN7O7S3. The van der Waals surface area contributed by atoms with E-state index in [0.29, 0.717) is 81.1 Å². The number of ketones is 1. The van der Waals surface area contributed by atoms with Gasteiger partial charge in [0.15, 0.2) is 0 Å². The fraction of sp³-hybridized carbons (Fsp3) is 0.357. The Morgan fingerprint density at radius 3 is 1.58 bits per heavy atom. The van der Waals surface area contributed by atoms with Gasteiger partial charge >= 0.3 is 0 Å². The quantitative estimate of drug-likeness (QED) is 0.110. The highest BCUT2D eigenvalue weighted by Gasteiger charge is 2.47. The zero-order valence-corrected chi connectivity index (χ0v) is 53.2. The van der Waals surface area contributed by atoms with Gasteiger partial charge in [-0.05, 0) is 130 Å². The van der Waals surface area contributed by atoms with Gasteiger partial charge < -0.3 is 46.1 Å². The second-order valence-corrected chi connectivity index (χ2v) is 27.9. The van der Waals surface area contributed by atoms with Crippen LogP contribution in [0.5, 0.6) is 17.2 Å². The summed E-state index contributed by atoms with van der Waals surface area (Å²) in [5.41, 5.74) is 28.2. The third kappa shape index (κ3) is 12.3. The highest BCUT2D eigenvalue weighted by Crippen LogP contribution is 2.49. The Balaban J connectivity index is 0.000000129. The topological polar surface area (TPSA) is 197 Å². The van der Waals surface area contributed by atoms with Crippen LogP contribution >= 0.6 is 45.6 Å². The molecule has 5 aromatic carbocycles. The number of carbonyl (C=O) groups is 4. The number of piperidine rings is 3. The Bertz CT molecular complexity index is 3960. The number of nitrogens with zero attached hydrogens (tertiary/aromatic N) is 4. The fourth-order valence-electron chi connectivity index (χ4n) is 13.4. The molecule has 6 aliphatic rings. The molecule has 6 N–H and O–H groups in total. The minimum absolute atomic E-state index is 0.00792. The van der Waals surface area contributed by atoms with Gasteiger partial charge in [0.25, 0.3) is 11.8 Å². The van der Waals surface area contributed by atoms with Crippen molar-refractivity contribution in [3.63, 3.8) is 0 Å². The first-order valence-electron chi connectivity index (χ1n) is 30.3. The van der Waals surface area contributed by atoms with Crippen LogP contribution in [0.2, 0.25) is 5.02 Å². The van der Waals surface area contributed by atoms with Gasteiger partial charge in [0.05, 0.1) is 45.3 Å². The third-order valence-electron chi connectivity index (χ3n) is 18.6. The van der Waals surface area contributed by atoms with Gasteiger partial charge in [0.2, 0.25) is 5.91 Å². The van der Waals surface area contributed by atoms with Crippen molar-refractivity contribution < 1.29 is 33.4 Å². The highest BCUT2D eigenvalue weighted by atomic mass is 35.5. The maximum atomic E-state index is 13.2. The van der Waals surface area contributed by atoms with Gasteiger partial charge in [-0.3, -0.25) is 19.2 Å². The van der Waals surface area contributed by atoms with Crippen molar-refractivity contribution >= 4 is 85.3 Å². The van der Waals surface area contributed by atoms with Crippen LogP contribution < -0.4 is 31.4 Å². The van der Waals surface area contributed by atoms with Crippen LogP contribution in [-0.4, -0.2) is 102 Å². The number of amides is 3. The number of fused-ring (bicyclic) bond motifs is 7. The van der Waals surface area contributed by atoms with Crippen molar-refractivity contribution in [2.24, 2.45) is 17.2 Å². The minimum atomic E-state index is -0.0544. The van der Waals surface area contributed by atoms with Crippen LogP contribution in [0, 0.1) is 13.8 Å². The lowest BCUT2D eigenvalue weighted by atomic mass is 9.74. The number of benzene rings is 5. The number of halogens is 1. The molecule has 14 rings (SSSR count). The molecule has 0 bridgehead atoms. The number of ether oxygens (including phenoxy) is 3. The highest BCUT2D eigenvalue weighted by molar-refractivity contribution is 7.21. The number of hydrogen-bond acceptors (Lipinski definition) is 14. The molecule has 88 heavy (non-hydrogen) atoms. The molecule has 3 aromatic heterocycles. The number of Topliss-reactive ketones (excluding diaryl/α,β-unsaturated/α-hetero) is 1. The van der Waals surface area contributed by atoms with Crippen molar-refractivity contribution in [1.29, 1.82) is 0 Å². The van der Waals surface area contributed by atoms with Gasteiger partial charge in [-0.25, -0.2) is 4.98 Å². The molecule has 0 saturated carbocycles. The number of thiophene rings is 2. The predicted octanol–water partition coefficient (Wildman–Crippen LogP) is 12.6. The molecule has 6 aliphatic heterocycles. The molecule has 0 aliphatic carbocycles. The predicted molar refractivity (Wildman–Crippen MR) is 352 cm³/mol. The number of nitrogens with two attached hydrogens (primary N) is 3. The number of aromatic nitrogens is 1. The molecule has 3 amide bonds. The monoisotopic (exact) mass is 1260 g/mol. The van der Waals surface area contributed by atoms with Crippen molar-refractivity contribution in [2.75, 3.05) is 59.1 Å². The molecule has 456 valence electrons. The molecule has 8 aromatic rings. The maximum Gasteiger partial charge on any atom is 0.265 e. The van der Waals surface area contributed by atoms with Gasteiger partial charge in [-0.15, -0.1) is 34.0 Å². The Morgan fingerprint density at radius 1 is 0.602 bits per heavy atom. The molecule has 0 radical (unpaired) electrons. The molecule has 18 heteroatoms. The maximum absolute atomic E-state index is 13.2. The molecule has 3 spiro atoms. The number of hydrogen-bond donors (Lipinski definition) is 3. The van der Waals surface area contributed by atoms with Crippen LogP contribution in [0.1, 0.15) is 121 Å². The number of thiazole rings is 1. The lowest BCUT2D eigenvalue weighted by Gasteiger charge is -2.39. The molecule has 3 fully saturated rings. The van der Waals surface area contributed by atoms with Gasteiger partial charge in [0, 0.05) is 119 Å². The van der Waals surface area contributed by atoms with Crippen molar-refractivity contribution in [1.82, 2.24) is 19.7 Å². The van der Waals surface area contributed by atoms with Crippen LogP contribution in [0.4, 0.5) is 0 Å². The Kier molecular flexibility index (Phi) is 17.8. The minimum Gasteiger partial charge on any atom is -0.492 e. The van der Waals surface area contributed by atoms with Crippen LogP contribution in [-0.2, 0) is 45.5 Å². The van der Waals surface area contributed by atoms with Crippen molar-refractivity contribution in [3.05, 3.63) is 191 Å². The smallest absolute Gasteiger partial charge is 0.265 e. The molecule has 0 atom stereocenters. The van der Waals surface area contributed by atoms with E-state index in [-0.39, 0.29) is 46.2 Å². The van der Waals surface area contributed by atoms with E-state index in [0.717, 1.165) is 122 Å². The zero-order valence-electron chi connectivity index (χ0n) is 50.0. The second kappa shape index (κ2) is 25.7. The number of rotatable bonds is 10. The summed E-state index contributed by atoms with van der Waals surface area (Å²) in [4.78, 5) is 64.2. The third-order valence-corrected chi connectivity index (χ3v) is 22.1. The summed E-state index contributed by atoms with van der Waals surface area (Å²) >= 11 is 11.2. The normalized spacial score (nSPS) is 17.5. The summed E-state index contributed by atoms with van der Waals surface area (Å²) in [6.45, 7) is 13.4. The first kappa shape index (κ1) is 61.0. The molecular weight excluding hydrogens is 1180 g/mol. The van der Waals surface area contributed by atoms with E-state index in [1.54, 1.807) is 11.3 Å². The number of aryl methyl sites for hydroxylation is 2. The number of likely N-dealkylation sites (tertiary alicyclic amines) is 3. The first-order valence-corrected chi connectivity index (χ1v) is 33.2. The van der Waals surface area contributed by atoms with E-state index < -0.39 is 0 Å². The SMILES string of the molecule is CC(=O)C/C(=C\c1ccccc1)C(=O)N1CCC2(CC1)COc1ccc(CN)cc12.Cc1ccc2c(Cl)c(C(=O)N3CCC4(CC3)COc3ccc(CN)cc34)sc2c1.Cc1nc(-c2ccc(C(=O)N3CCC4(CC3)COc3ccc(CN)cc34)s2)cs1. The Hall–Kier alpha value is -7.22. The van der Waals surface area contributed by atoms with Crippen LogP contribution in [0.3, 0.4) is 0 Å². The molecule has 0 unspecified atom stereocenters. The average Bonchev–Trinajstić information content (AvgIpc) is 1.80. The van der Waals surface area contributed by atoms with Gasteiger partial charge in [-0.2, -0.15) is 0 Å². The van der Waals surface area contributed by atoms with Crippen molar-refractivity contribution in [3.8, 4) is 27.8 Å². The molecule has 14 nitrogen and oxygen atoms in total. The van der Waals surface area contributed by atoms with Crippen LogP contribution in [0.25, 0.3) is 26.7 Å². The van der Waals surface area contributed by atoms with Gasteiger partial charge in [-0.1, -0.05) is 90.5 Å². The standard InChI is InChI=1S/C25H28N2O3.C23H23ClN2O2S.C22H23N3O2S2/c1-18(28)13-21(14-19-5-3-2-4-6-19)24(29)27-11-9-25(10-12-27)17-30-23-8-7-20(16-26)15-22(23)25;1-14-2-4-16-19(10-14)29-21(20(16)24)22(27)26-8-6-23(7-9-26)13-28-18-5-3-15(12-25)11-17(18)23;1-14-24-17(12-28-14)19-4-5-20(29-19)21(26)25-8-6-22(7-9-25)13-27-18-3-2-15(11-23)10-16(18)22/h2-8,14-15H,9-13,16-17,26H2,1H3;2-5,10-11H,6-9,12-13,25H2,1H3;2-5,10,12H,6-9,11,13,23H2,1H3/b21-14+;;. The van der Waals surface area contributed by atoms with E-state index in [9.17, 15) is 19.2 Å². The molecule has 3 saturated heterocycles. The fourth-order valence-corrected chi connectivity index (χ4v) is 16.6. The zero-order chi connectivity index (χ0) is 61.3. The first-order chi connectivity index (χ1) is 42.6. The number of carbonyl (C=O) groups excluding carboxylic acids is 4. The van der Waals surface area contributed by atoms with E-state index in [2.05, 4.69) is 36.2 Å². The summed E-state index contributed by atoms with van der Waals surface area (Å²) in [6, 6.07) is 38.5. The van der Waals surface area contributed by atoms with E-state index in [1.165, 1.54) is 51.9 Å². The summed E-state index contributed by atoms with van der Waals surface area (Å²) in [6.07, 6.45) is 7.31.